The van der Waals surface area contributed by atoms with Crippen molar-refractivity contribution in [3.63, 3.8) is 0 Å². The second kappa shape index (κ2) is 7.46. The van der Waals surface area contributed by atoms with Crippen LogP contribution in [0.1, 0.15) is 0 Å². The molecule has 1 heterocycles. The van der Waals surface area contributed by atoms with E-state index in [2.05, 4.69) is 22.5 Å². The van der Waals surface area contributed by atoms with Crippen molar-refractivity contribution in [2.75, 3.05) is 6.61 Å². The van der Waals surface area contributed by atoms with Crippen LogP contribution in [0.5, 0.6) is 0 Å². The average Bonchev–Trinajstić information content (AvgIpc) is 2.32. The van der Waals surface area contributed by atoms with Crippen molar-refractivity contribution >= 4 is 28.7 Å². The molecule has 2 unspecified atom stereocenters. The van der Waals surface area contributed by atoms with E-state index < -0.39 is 47.4 Å². The largest absolute Gasteiger partial charge is 0.726 e. The molecule has 0 bridgehead atoms. The molecule has 118 valence electrons. The Balaban J connectivity index is 2.77. The second-order valence-corrected chi connectivity index (χ2v) is 4.85. The van der Waals surface area contributed by atoms with Gasteiger partial charge in [-0.05, 0) is 0 Å². The monoisotopic (exact) mass is 335 g/mol. The van der Waals surface area contributed by atoms with Gasteiger partial charge >= 0.3 is 0 Å². The summed E-state index contributed by atoms with van der Waals surface area (Å²) in [6.07, 6.45) is -7.16. The molecular formula is C6H7O12S2-3. The summed E-state index contributed by atoms with van der Waals surface area (Å²) in [5.41, 5.74) is 0. The Morgan fingerprint density at radius 1 is 1.45 bits per heavy atom. The van der Waals surface area contributed by atoms with E-state index in [1.165, 1.54) is 0 Å². The highest BCUT2D eigenvalue weighted by atomic mass is 32.3. The van der Waals surface area contributed by atoms with Crippen LogP contribution in [0.25, 0.3) is 0 Å². The van der Waals surface area contributed by atoms with Crippen LogP contribution in [0.3, 0.4) is 0 Å². The molecule has 1 saturated heterocycles. The number of aliphatic hydroxyl groups excluding tert-OH is 1. The van der Waals surface area contributed by atoms with E-state index in [0.717, 1.165) is 0 Å². The molecule has 1 fully saturated rings. The van der Waals surface area contributed by atoms with Gasteiger partial charge in [0.2, 0.25) is 10.4 Å². The van der Waals surface area contributed by atoms with Gasteiger partial charge in [0.25, 0.3) is 0 Å². The van der Waals surface area contributed by atoms with Crippen molar-refractivity contribution in [2.45, 2.75) is 24.4 Å². The topological polar surface area (TPSA) is 187 Å². The minimum Gasteiger partial charge on any atom is -0.726 e. The third-order valence-corrected chi connectivity index (χ3v) is 3.03. The smallest absolute Gasteiger partial charge is 0.218 e. The Labute approximate surface area is 116 Å². The van der Waals surface area contributed by atoms with Crippen LogP contribution in [0, 0.1) is 0 Å². The maximum absolute atomic E-state index is 10.7. The number of carbonyl (C=O) groups excluding carboxylic acids is 1. The zero-order valence-corrected chi connectivity index (χ0v) is 10.9. The van der Waals surface area contributed by atoms with Gasteiger partial charge in [0.05, 0.1) is 12.6 Å². The molecular weight excluding hydrogens is 328 g/mol. The van der Waals surface area contributed by atoms with E-state index in [4.69, 9.17) is 0 Å². The molecule has 0 aliphatic carbocycles. The molecule has 1 rings (SSSR count). The first-order valence-electron chi connectivity index (χ1n) is 4.69. The summed E-state index contributed by atoms with van der Waals surface area (Å²) in [5, 5.41) is 32.9. The maximum Gasteiger partial charge on any atom is 0.218 e. The first-order valence-corrected chi connectivity index (χ1v) is 6.69. The fourth-order valence-electron chi connectivity index (χ4n) is 1.40. The molecule has 0 aromatic rings. The van der Waals surface area contributed by atoms with Crippen molar-refractivity contribution in [1.29, 1.82) is 0 Å². The first-order chi connectivity index (χ1) is 9.26. The number of hydrogen-bond donors (Lipinski definition) is 1. The summed E-state index contributed by atoms with van der Waals surface area (Å²) < 4.78 is 48.1. The second-order valence-electron chi connectivity index (χ2n) is 3.37. The van der Waals surface area contributed by atoms with Crippen molar-refractivity contribution < 1.29 is 55.7 Å². The Morgan fingerprint density at radius 2 is 2.10 bits per heavy atom. The van der Waals surface area contributed by atoms with E-state index >= 15 is 0 Å². The third-order valence-electron chi connectivity index (χ3n) is 2.14. The van der Waals surface area contributed by atoms with E-state index in [1.807, 2.05) is 0 Å². The van der Waals surface area contributed by atoms with Crippen molar-refractivity contribution in [2.24, 2.45) is 0 Å². The molecule has 0 aromatic carbocycles. The lowest BCUT2D eigenvalue weighted by Crippen LogP contribution is -2.59. The number of carbonyl (C=O) groups is 1. The number of aliphatic hydroxyl groups is 1. The summed E-state index contributed by atoms with van der Waals surface area (Å²) in [6, 6.07) is 0. The average molecular weight is 335 g/mol. The molecule has 0 aromatic heterocycles. The van der Waals surface area contributed by atoms with Crippen molar-refractivity contribution in [1.82, 2.24) is 0 Å². The molecule has 20 heavy (non-hydrogen) atoms. The van der Waals surface area contributed by atoms with Gasteiger partial charge in [0, 0.05) is 0 Å². The van der Waals surface area contributed by atoms with Crippen LogP contribution in [0.15, 0.2) is 0 Å². The molecule has 12 nitrogen and oxygen atoms in total. The lowest BCUT2D eigenvalue weighted by atomic mass is 10.0. The standard InChI is InChI=1S/C6H10O12S2/c7-3-2(16-20(11,12)13)1-14-5(6(8)9)4(3)15-19-18-17-10/h2-5,7,10H,1H2,(H,8,9)(H,11,12,13)/p-3/t2?,3-,4+,5?/m0/s1. The maximum atomic E-state index is 10.7. The lowest BCUT2D eigenvalue weighted by Gasteiger charge is -2.39. The molecule has 0 spiro atoms. The van der Waals surface area contributed by atoms with Gasteiger partial charge in [-0.1, -0.05) is 0 Å². The molecule has 0 saturated carbocycles. The van der Waals surface area contributed by atoms with Crippen LogP contribution >= 0.6 is 12.3 Å². The minimum absolute atomic E-state index is 0.144. The summed E-state index contributed by atoms with van der Waals surface area (Å²) >= 11 is -0.144. The predicted molar refractivity (Wildman–Crippen MR) is 50.0 cm³/mol. The normalized spacial score (nSPS) is 31.1. The Bertz CT molecular complexity index is 422. The van der Waals surface area contributed by atoms with Gasteiger partial charge in [-0.3, -0.25) is 13.4 Å². The van der Waals surface area contributed by atoms with Gasteiger partial charge in [-0.25, -0.2) is 8.42 Å². The van der Waals surface area contributed by atoms with Crippen LogP contribution in [-0.2, 0) is 37.7 Å². The molecule has 0 amide bonds. The van der Waals surface area contributed by atoms with Crippen LogP contribution in [0.2, 0.25) is 0 Å². The number of carboxylic acids is 1. The highest BCUT2D eigenvalue weighted by molar-refractivity contribution is 7.89. The van der Waals surface area contributed by atoms with Gasteiger partial charge in [-0.2, -0.15) is 0 Å². The highest BCUT2D eigenvalue weighted by Crippen LogP contribution is 2.25. The third kappa shape index (κ3) is 5.09. The summed E-state index contributed by atoms with van der Waals surface area (Å²) in [6.45, 7) is -0.718. The summed E-state index contributed by atoms with van der Waals surface area (Å²) in [4.78, 5) is 10.7. The molecule has 0 radical (unpaired) electrons. The highest BCUT2D eigenvalue weighted by Gasteiger charge is 2.43. The molecule has 14 heteroatoms. The Morgan fingerprint density at radius 3 is 2.60 bits per heavy atom. The van der Waals surface area contributed by atoms with Crippen LogP contribution in [0.4, 0.5) is 0 Å². The van der Waals surface area contributed by atoms with Gasteiger partial charge in [0.1, 0.15) is 24.4 Å². The fraction of sp³-hybridized carbons (Fsp3) is 0.833. The zero-order valence-electron chi connectivity index (χ0n) is 9.27. The van der Waals surface area contributed by atoms with Crippen molar-refractivity contribution in [3.05, 3.63) is 0 Å². The lowest BCUT2D eigenvalue weighted by molar-refractivity contribution is -0.777. The van der Waals surface area contributed by atoms with Gasteiger partial charge in [0.15, 0.2) is 12.3 Å². The zero-order chi connectivity index (χ0) is 15.3. The first kappa shape index (κ1) is 17.5. The summed E-state index contributed by atoms with van der Waals surface area (Å²) in [7, 11) is -5.16. The Kier molecular flexibility index (Phi) is 6.52. The van der Waals surface area contributed by atoms with E-state index in [1.54, 1.807) is 0 Å². The van der Waals surface area contributed by atoms with Gasteiger partial charge in [-0.15, -0.1) is 4.33 Å². The summed E-state index contributed by atoms with van der Waals surface area (Å²) in [5.74, 6) is -1.79. The van der Waals surface area contributed by atoms with E-state index in [0.29, 0.717) is 0 Å². The molecule has 1 N–H and O–H groups in total. The number of carboxylic acid groups (broad SMARTS) is 1. The molecule has 1 aliphatic rings. The van der Waals surface area contributed by atoms with Crippen molar-refractivity contribution in [3.8, 4) is 0 Å². The SMILES string of the molecule is O=C([O-])C1OCC(OS(=O)(=O)[O-])[C@H](O)[C@H]1OSOO[O-]. The number of ether oxygens (including phenoxy) is 1. The van der Waals surface area contributed by atoms with Crippen LogP contribution < -0.4 is 10.4 Å². The van der Waals surface area contributed by atoms with Crippen LogP contribution in [-0.4, -0.2) is 55.1 Å². The Hall–Kier alpha value is -0.550. The number of hydrogen-bond acceptors (Lipinski definition) is 13. The molecule has 1 aliphatic heterocycles. The number of rotatable bonds is 7. The quantitative estimate of drug-likeness (QED) is 0.117. The predicted octanol–water partition coefficient (Wildman–Crippen LogP) is -4.49. The minimum atomic E-state index is -5.16. The number of aliphatic carboxylic acids is 1. The molecule has 4 atom stereocenters. The van der Waals surface area contributed by atoms with E-state index in [9.17, 15) is 33.2 Å². The fourth-order valence-corrected chi connectivity index (χ4v) is 2.23. The van der Waals surface area contributed by atoms with E-state index in [-0.39, 0.29) is 12.3 Å². The van der Waals surface area contributed by atoms with Gasteiger partial charge < -0.3 is 29.6 Å².